The third-order valence-electron chi connectivity index (χ3n) is 7.33. The zero-order valence-electron chi connectivity index (χ0n) is 20.7. The highest BCUT2D eigenvalue weighted by Crippen LogP contribution is 2.47. The Balaban J connectivity index is 1.41. The number of benzene rings is 3. The molecule has 0 bridgehead atoms. The van der Waals surface area contributed by atoms with E-state index in [0.29, 0.717) is 6.04 Å². The van der Waals surface area contributed by atoms with Crippen molar-refractivity contribution < 1.29 is 14.9 Å². The maximum atomic E-state index is 10.1. The molecule has 5 nitrogen and oxygen atoms in total. The van der Waals surface area contributed by atoms with E-state index < -0.39 is 0 Å². The normalized spacial score (nSPS) is 20.9. The molecule has 5 rings (SSSR count). The molecule has 3 N–H and O–H groups in total. The standard InChI is InChI=1S/C30H34N2O3/c1-19-13-14-32(18-19)20(2)17-31-24-9-7-22(8-10-24)30-29(23-5-4-6-25(33)15-23)21(3)27-16-26(34)11-12-28(27)35-30/h4-12,15-16,19-20,30-31,33-34H,13-14,17-18H2,1-3H3/t19-,20+,30?/m1/s1. The van der Waals surface area contributed by atoms with Crippen molar-refractivity contribution in [2.75, 3.05) is 25.0 Å². The number of hydrogen-bond donors (Lipinski definition) is 3. The predicted octanol–water partition coefficient (Wildman–Crippen LogP) is 6.30. The van der Waals surface area contributed by atoms with Gasteiger partial charge in [0.25, 0.3) is 0 Å². The van der Waals surface area contributed by atoms with Crippen LogP contribution in [0, 0.1) is 5.92 Å². The summed E-state index contributed by atoms with van der Waals surface area (Å²) in [6.07, 6.45) is 0.963. The van der Waals surface area contributed by atoms with Gasteiger partial charge in [-0.05, 0) is 91.9 Å². The van der Waals surface area contributed by atoms with E-state index in [-0.39, 0.29) is 17.6 Å². The zero-order chi connectivity index (χ0) is 24.5. The molecule has 2 aliphatic rings. The molecule has 2 heterocycles. The van der Waals surface area contributed by atoms with E-state index >= 15 is 0 Å². The Morgan fingerprint density at radius 2 is 1.80 bits per heavy atom. The maximum Gasteiger partial charge on any atom is 0.150 e. The van der Waals surface area contributed by atoms with Crippen molar-refractivity contribution in [2.24, 2.45) is 5.92 Å². The lowest BCUT2D eigenvalue weighted by Gasteiger charge is -2.31. The molecule has 5 heteroatoms. The van der Waals surface area contributed by atoms with Gasteiger partial charge in [-0.25, -0.2) is 0 Å². The van der Waals surface area contributed by atoms with Crippen LogP contribution in [-0.4, -0.2) is 40.8 Å². The molecule has 3 atom stereocenters. The van der Waals surface area contributed by atoms with E-state index in [9.17, 15) is 10.2 Å². The summed E-state index contributed by atoms with van der Waals surface area (Å²) in [4.78, 5) is 2.56. The molecule has 0 radical (unpaired) electrons. The van der Waals surface area contributed by atoms with E-state index in [4.69, 9.17) is 4.74 Å². The van der Waals surface area contributed by atoms with Crippen molar-refractivity contribution in [1.29, 1.82) is 0 Å². The number of rotatable bonds is 6. The molecule has 182 valence electrons. The molecule has 35 heavy (non-hydrogen) atoms. The number of hydrogen-bond acceptors (Lipinski definition) is 5. The number of nitrogens with zero attached hydrogens (tertiary/aromatic N) is 1. The van der Waals surface area contributed by atoms with E-state index in [1.807, 2.05) is 25.1 Å². The highest BCUT2D eigenvalue weighted by atomic mass is 16.5. The first-order chi connectivity index (χ1) is 16.9. The minimum Gasteiger partial charge on any atom is -0.508 e. The van der Waals surface area contributed by atoms with E-state index in [1.54, 1.807) is 24.3 Å². The van der Waals surface area contributed by atoms with Gasteiger partial charge in [-0.1, -0.05) is 31.2 Å². The Morgan fingerprint density at radius 1 is 1.03 bits per heavy atom. The number of aromatic hydroxyl groups is 2. The van der Waals surface area contributed by atoms with Crippen molar-refractivity contribution in [3.05, 3.63) is 83.4 Å². The van der Waals surface area contributed by atoms with Gasteiger partial charge in [0.2, 0.25) is 0 Å². The zero-order valence-corrected chi connectivity index (χ0v) is 20.7. The summed E-state index contributed by atoms with van der Waals surface area (Å²) in [6.45, 7) is 9.95. The van der Waals surface area contributed by atoms with Crippen LogP contribution in [0.3, 0.4) is 0 Å². The van der Waals surface area contributed by atoms with Gasteiger partial charge in [-0.3, -0.25) is 4.90 Å². The van der Waals surface area contributed by atoms with Crippen LogP contribution >= 0.6 is 0 Å². The average Bonchev–Trinajstić information content (AvgIpc) is 3.29. The highest BCUT2D eigenvalue weighted by Gasteiger charge is 2.30. The van der Waals surface area contributed by atoms with Gasteiger partial charge in [-0.2, -0.15) is 0 Å². The monoisotopic (exact) mass is 470 g/mol. The van der Waals surface area contributed by atoms with Crippen LogP contribution in [0.2, 0.25) is 0 Å². The lowest BCUT2D eigenvalue weighted by molar-refractivity contribution is 0.259. The molecule has 3 aromatic carbocycles. The SMILES string of the molecule is CC1=C(c2cccc(O)c2)C(c2ccc(NC[C@H](C)N3CC[C@@H](C)C3)cc2)Oc2ccc(O)cc21. The van der Waals surface area contributed by atoms with Crippen LogP contribution in [0.1, 0.15) is 50.0 Å². The lowest BCUT2D eigenvalue weighted by Crippen LogP contribution is -2.36. The molecule has 2 aliphatic heterocycles. The van der Waals surface area contributed by atoms with Crippen molar-refractivity contribution >= 4 is 16.8 Å². The molecular formula is C30H34N2O3. The summed E-state index contributed by atoms with van der Waals surface area (Å²) >= 11 is 0. The molecule has 0 saturated carbocycles. The molecule has 0 amide bonds. The molecule has 0 spiro atoms. The van der Waals surface area contributed by atoms with Crippen molar-refractivity contribution in [2.45, 2.75) is 39.3 Å². The largest absolute Gasteiger partial charge is 0.508 e. The summed E-state index contributed by atoms with van der Waals surface area (Å²) in [6, 6.07) is 21.4. The molecular weight excluding hydrogens is 436 g/mol. The van der Waals surface area contributed by atoms with Crippen LogP contribution < -0.4 is 10.1 Å². The Bertz CT molecular complexity index is 1230. The van der Waals surface area contributed by atoms with Gasteiger partial charge < -0.3 is 20.3 Å². The van der Waals surface area contributed by atoms with Crippen molar-refractivity contribution in [3.8, 4) is 17.2 Å². The topological polar surface area (TPSA) is 65.0 Å². The third-order valence-corrected chi connectivity index (χ3v) is 7.33. The Labute approximate surface area is 207 Å². The van der Waals surface area contributed by atoms with Gasteiger partial charge in [0, 0.05) is 36.0 Å². The van der Waals surface area contributed by atoms with E-state index in [2.05, 4.69) is 48.3 Å². The summed E-state index contributed by atoms with van der Waals surface area (Å²) in [7, 11) is 0. The van der Waals surface area contributed by atoms with Crippen LogP contribution in [0.4, 0.5) is 5.69 Å². The second kappa shape index (κ2) is 9.67. The Kier molecular flexibility index (Phi) is 6.44. The van der Waals surface area contributed by atoms with Crippen LogP contribution in [-0.2, 0) is 0 Å². The fourth-order valence-electron chi connectivity index (χ4n) is 5.26. The summed E-state index contributed by atoms with van der Waals surface area (Å²) in [5, 5.41) is 23.8. The molecule has 3 aromatic rings. The van der Waals surface area contributed by atoms with Gasteiger partial charge in [0.15, 0.2) is 0 Å². The van der Waals surface area contributed by atoms with E-state index in [0.717, 1.165) is 51.7 Å². The van der Waals surface area contributed by atoms with Crippen LogP contribution in [0.15, 0.2) is 66.7 Å². The summed E-state index contributed by atoms with van der Waals surface area (Å²) < 4.78 is 6.49. The number of allylic oxidation sites excluding steroid dienone is 1. The Hall–Kier alpha value is -3.44. The van der Waals surface area contributed by atoms with Crippen molar-refractivity contribution in [3.63, 3.8) is 0 Å². The van der Waals surface area contributed by atoms with Crippen molar-refractivity contribution in [1.82, 2.24) is 4.90 Å². The number of ether oxygens (including phenoxy) is 1. The third kappa shape index (κ3) is 4.87. The fraction of sp³-hybridized carbons (Fsp3) is 0.333. The molecule has 1 fully saturated rings. The predicted molar refractivity (Wildman–Crippen MR) is 142 cm³/mol. The smallest absolute Gasteiger partial charge is 0.150 e. The molecule has 0 aliphatic carbocycles. The fourth-order valence-corrected chi connectivity index (χ4v) is 5.26. The maximum absolute atomic E-state index is 10.1. The van der Waals surface area contributed by atoms with Gasteiger partial charge >= 0.3 is 0 Å². The number of fused-ring (bicyclic) bond motifs is 1. The molecule has 0 aromatic heterocycles. The van der Waals surface area contributed by atoms with E-state index in [1.165, 1.54) is 19.5 Å². The van der Waals surface area contributed by atoms with Gasteiger partial charge in [-0.15, -0.1) is 0 Å². The Morgan fingerprint density at radius 3 is 2.51 bits per heavy atom. The lowest BCUT2D eigenvalue weighted by atomic mass is 9.86. The first kappa shape index (κ1) is 23.3. The second-order valence-corrected chi connectivity index (χ2v) is 10.0. The minimum absolute atomic E-state index is 0.202. The average molecular weight is 471 g/mol. The number of nitrogens with one attached hydrogen (secondary N) is 1. The second-order valence-electron chi connectivity index (χ2n) is 10.0. The number of phenols is 2. The molecule has 1 saturated heterocycles. The number of likely N-dealkylation sites (tertiary alicyclic amines) is 1. The first-order valence-corrected chi connectivity index (χ1v) is 12.5. The number of anilines is 1. The first-order valence-electron chi connectivity index (χ1n) is 12.5. The minimum atomic E-state index is -0.326. The van der Waals surface area contributed by atoms with Crippen LogP contribution in [0.25, 0.3) is 11.1 Å². The van der Waals surface area contributed by atoms with Gasteiger partial charge in [0.1, 0.15) is 23.4 Å². The summed E-state index contributed by atoms with van der Waals surface area (Å²) in [5.74, 6) is 1.95. The molecule has 1 unspecified atom stereocenters. The number of phenolic OH excluding ortho intramolecular Hbond substituents is 2. The van der Waals surface area contributed by atoms with Crippen LogP contribution in [0.5, 0.6) is 17.2 Å². The van der Waals surface area contributed by atoms with Gasteiger partial charge in [0.05, 0.1) is 0 Å². The quantitative estimate of drug-likeness (QED) is 0.394. The highest BCUT2D eigenvalue weighted by molar-refractivity contribution is 5.95. The summed E-state index contributed by atoms with van der Waals surface area (Å²) in [5.41, 5.74) is 5.90.